The molecule has 0 saturated heterocycles. The van der Waals surface area contributed by atoms with Crippen molar-refractivity contribution in [1.82, 2.24) is 0 Å². The van der Waals surface area contributed by atoms with Gasteiger partial charge in [0.1, 0.15) is 11.6 Å². The van der Waals surface area contributed by atoms with Crippen LogP contribution in [0.1, 0.15) is 34.8 Å². The van der Waals surface area contributed by atoms with E-state index in [1.807, 2.05) is 6.92 Å². The molecule has 1 atom stereocenters. The molecule has 0 spiro atoms. The molecule has 1 unspecified atom stereocenters. The van der Waals surface area contributed by atoms with Gasteiger partial charge in [0.25, 0.3) is 5.91 Å². The van der Waals surface area contributed by atoms with Gasteiger partial charge in [-0.25, -0.2) is 8.78 Å². The summed E-state index contributed by atoms with van der Waals surface area (Å²) < 4.78 is 27.1. The van der Waals surface area contributed by atoms with Crippen LogP contribution < -0.4 is 4.90 Å². The summed E-state index contributed by atoms with van der Waals surface area (Å²) in [7, 11) is 0. The lowest BCUT2D eigenvalue weighted by atomic mass is 9.95. The highest BCUT2D eigenvalue weighted by atomic mass is 19.1. The van der Waals surface area contributed by atoms with Gasteiger partial charge in [0.15, 0.2) is 0 Å². The number of carbonyl (C=O) groups excluding carboxylic acids is 1. The lowest BCUT2D eigenvalue weighted by molar-refractivity contribution is 0.0974. The predicted octanol–water partition coefficient (Wildman–Crippen LogP) is 4.25. The van der Waals surface area contributed by atoms with E-state index in [9.17, 15) is 13.6 Å². The Labute approximate surface area is 128 Å². The molecule has 0 bridgehead atoms. The highest BCUT2D eigenvalue weighted by Gasteiger charge is 2.29. The zero-order valence-corrected chi connectivity index (χ0v) is 12.6. The van der Waals surface area contributed by atoms with Crippen LogP contribution >= 0.6 is 0 Å². The minimum absolute atomic E-state index is 0.00479. The van der Waals surface area contributed by atoms with Crippen molar-refractivity contribution in [3.63, 3.8) is 0 Å². The molecule has 0 fully saturated rings. The average molecular weight is 301 g/mol. The summed E-state index contributed by atoms with van der Waals surface area (Å²) in [5.74, 6) is -0.948. The van der Waals surface area contributed by atoms with E-state index in [1.165, 1.54) is 18.2 Å². The molecule has 3 rings (SSSR count). The largest absolute Gasteiger partial charge is 0.305 e. The first-order valence-electron chi connectivity index (χ1n) is 7.35. The quantitative estimate of drug-likeness (QED) is 0.771. The number of anilines is 1. The minimum atomic E-state index is -0.394. The maximum Gasteiger partial charge on any atom is 0.258 e. The molecular weight excluding hydrogens is 284 g/mol. The van der Waals surface area contributed by atoms with E-state index in [-0.39, 0.29) is 17.8 Å². The molecule has 0 aliphatic carbocycles. The second-order valence-corrected chi connectivity index (χ2v) is 5.80. The van der Waals surface area contributed by atoms with Crippen LogP contribution in [0.5, 0.6) is 0 Å². The molecule has 22 heavy (non-hydrogen) atoms. The Morgan fingerprint density at radius 3 is 2.68 bits per heavy atom. The van der Waals surface area contributed by atoms with Crippen LogP contribution in [-0.2, 0) is 6.42 Å². The first-order valence-corrected chi connectivity index (χ1v) is 7.35. The maximum absolute atomic E-state index is 13.7. The van der Waals surface area contributed by atoms with Gasteiger partial charge in [-0.3, -0.25) is 4.79 Å². The minimum Gasteiger partial charge on any atom is -0.305 e. The van der Waals surface area contributed by atoms with Gasteiger partial charge in [0, 0.05) is 17.3 Å². The van der Waals surface area contributed by atoms with Crippen molar-refractivity contribution in [2.75, 3.05) is 4.90 Å². The Kier molecular flexibility index (Phi) is 3.69. The van der Waals surface area contributed by atoms with Crippen LogP contribution in [0, 0.1) is 18.6 Å². The molecule has 0 aromatic heterocycles. The molecule has 4 heteroatoms. The first kappa shape index (κ1) is 14.7. The number of carbonyl (C=O) groups is 1. The van der Waals surface area contributed by atoms with E-state index in [2.05, 4.69) is 0 Å². The fraction of sp³-hybridized carbons (Fsp3) is 0.278. The smallest absolute Gasteiger partial charge is 0.258 e. The van der Waals surface area contributed by atoms with Crippen molar-refractivity contribution in [1.29, 1.82) is 0 Å². The number of amides is 1. The van der Waals surface area contributed by atoms with Crippen LogP contribution in [0.2, 0.25) is 0 Å². The molecule has 114 valence electrons. The molecule has 2 aromatic rings. The standard InChI is InChI=1S/C18H17F2NO/c1-11-3-5-14(10-16(11)20)18(22)21-12(2)4-6-13-9-15(19)7-8-17(13)21/h3,5,7-10,12H,4,6H2,1-2H3. The van der Waals surface area contributed by atoms with Gasteiger partial charge in [-0.2, -0.15) is 0 Å². The molecule has 0 N–H and O–H groups in total. The Balaban J connectivity index is 2.03. The van der Waals surface area contributed by atoms with Crippen molar-refractivity contribution in [2.24, 2.45) is 0 Å². The van der Waals surface area contributed by atoms with E-state index in [0.717, 1.165) is 18.4 Å². The van der Waals surface area contributed by atoms with Crippen LogP contribution in [0.3, 0.4) is 0 Å². The van der Waals surface area contributed by atoms with Crippen molar-refractivity contribution >= 4 is 11.6 Å². The number of hydrogen-bond acceptors (Lipinski definition) is 1. The summed E-state index contributed by atoms with van der Waals surface area (Å²) in [5, 5.41) is 0. The van der Waals surface area contributed by atoms with Gasteiger partial charge in [0.05, 0.1) is 0 Å². The van der Waals surface area contributed by atoms with Crippen molar-refractivity contribution in [2.45, 2.75) is 32.7 Å². The number of nitrogens with zero attached hydrogens (tertiary/aromatic N) is 1. The Hall–Kier alpha value is -2.23. The van der Waals surface area contributed by atoms with Gasteiger partial charge < -0.3 is 4.90 Å². The normalized spacial score (nSPS) is 17.3. The highest BCUT2D eigenvalue weighted by molar-refractivity contribution is 6.07. The van der Waals surface area contributed by atoms with Gasteiger partial charge in [-0.05, 0) is 68.1 Å². The molecule has 1 aliphatic heterocycles. The summed E-state index contributed by atoms with van der Waals surface area (Å²) >= 11 is 0. The molecule has 1 aliphatic rings. The van der Waals surface area contributed by atoms with Gasteiger partial charge in [-0.1, -0.05) is 6.07 Å². The second kappa shape index (κ2) is 5.52. The third kappa shape index (κ3) is 2.49. The fourth-order valence-electron chi connectivity index (χ4n) is 2.89. The number of fused-ring (bicyclic) bond motifs is 1. The molecule has 0 saturated carbocycles. The number of hydrogen-bond donors (Lipinski definition) is 0. The SMILES string of the molecule is Cc1ccc(C(=O)N2c3ccc(F)cc3CCC2C)cc1F. The van der Waals surface area contributed by atoms with E-state index in [1.54, 1.807) is 30.0 Å². The molecule has 1 heterocycles. The third-order valence-corrected chi connectivity index (χ3v) is 4.21. The van der Waals surface area contributed by atoms with Gasteiger partial charge >= 0.3 is 0 Å². The first-order chi connectivity index (χ1) is 10.5. The summed E-state index contributed by atoms with van der Waals surface area (Å²) in [6.07, 6.45) is 1.50. The zero-order chi connectivity index (χ0) is 15.9. The number of benzene rings is 2. The Bertz CT molecular complexity index is 742. The van der Waals surface area contributed by atoms with Gasteiger partial charge in [0.2, 0.25) is 0 Å². The molecular formula is C18H17F2NO. The average Bonchev–Trinajstić information content (AvgIpc) is 2.49. The zero-order valence-electron chi connectivity index (χ0n) is 12.6. The van der Waals surface area contributed by atoms with E-state index in [4.69, 9.17) is 0 Å². The predicted molar refractivity (Wildman–Crippen MR) is 82.1 cm³/mol. The monoisotopic (exact) mass is 301 g/mol. The lowest BCUT2D eigenvalue weighted by Crippen LogP contribution is -2.42. The van der Waals surface area contributed by atoms with Gasteiger partial charge in [-0.15, -0.1) is 0 Å². The highest BCUT2D eigenvalue weighted by Crippen LogP contribution is 2.32. The third-order valence-electron chi connectivity index (χ3n) is 4.21. The van der Waals surface area contributed by atoms with Crippen LogP contribution in [0.4, 0.5) is 14.5 Å². The molecule has 2 nitrogen and oxygen atoms in total. The van der Waals surface area contributed by atoms with Crippen molar-refractivity contribution in [3.05, 3.63) is 64.7 Å². The topological polar surface area (TPSA) is 20.3 Å². The second-order valence-electron chi connectivity index (χ2n) is 5.80. The number of halogens is 2. The maximum atomic E-state index is 13.7. The molecule has 1 amide bonds. The summed E-state index contributed by atoms with van der Waals surface area (Å²) in [6.45, 7) is 3.61. The van der Waals surface area contributed by atoms with Crippen LogP contribution in [-0.4, -0.2) is 11.9 Å². The lowest BCUT2D eigenvalue weighted by Gasteiger charge is -2.35. The van der Waals surface area contributed by atoms with E-state index < -0.39 is 5.82 Å². The summed E-state index contributed by atoms with van der Waals surface area (Å²) in [6, 6.07) is 8.94. The molecule has 0 radical (unpaired) electrons. The van der Waals surface area contributed by atoms with E-state index >= 15 is 0 Å². The Morgan fingerprint density at radius 1 is 1.18 bits per heavy atom. The van der Waals surface area contributed by atoms with E-state index in [0.29, 0.717) is 16.8 Å². The van der Waals surface area contributed by atoms with Crippen molar-refractivity contribution < 1.29 is 13.6 Å². The fourth-order valence-corrected chi connectivity index (χ4v) is 2.89. The Morgan fingerprint density at radius 2 is 1.95 bits per heavy atom. The number of rotatable bonds is 1. The van der Waals surface area contributed by atoms with Crippen LogP contribution in [0.15, 0.2) is 36.4 Å². The van der Waals surface area contributed by atoms with Crippen LogP contribution in [0.25, 0.3) is 0 Å². The van der Waals surface area contributed by atoms with Crippen molar-refractivity contribution in [3.8, 4) is 0 Å². The number of aryl methyl sites for hydroxylation is 2. The summed E-state index contributed by atoms with van der Waals surface area (Å²) in [4.78, 5) is 14.4. The summed E-state index contributed by atoms with van der Waals surface area (Å²) in [5.41, 5.74) is 2.35. The molecule has 2 aromatic carbocycles.